The maximum Gasteiger partial charge on any atom is 0.261 e. The van der Waals surface area contributed by atoms with Crippen LogP contribution in [-0.4, -0.2) is 34.8 Å². The number of nitrogen functional groups attached to an aromatic ring is 1. The van der Waals surface area contributed by atoms with E-state index in [4.69, 9.17) is 16.6 Å². The van der Waals surface area contributed by atoms with Crippen LogP contribution in [0.5, 0.6) is 0 Å². The number of carbonyl (C=O) groups excluding carboxylic acids is 1. The first-order chi connectivity index (χ1) is 14.4. The molecule has 1 heterocycles. The number of nitrogens with one attached hydrogen (secondary N) is 4. The van der Waals surface area contributed by atoms with Crippen molar-refractivity contribution in [1.29, 1.82) is 10.8 Å². The average Bonchev–Trinajstić information content (AvgIpc) is 2.74. The Morgan fingerprint density at radius 2 is 1.90 bits per heavy atom. The van der Waals surface area contributed by atoms with Crippen LogP contribution in [0.1, 0.15) is 27.0 Å². The molecule has 6 N–H and O–H groups in total. The SMILES string of the molecule is CNc1cc(F)c(C(=O)Nc2ccc(N)c(C(=N)c3cncnc3)c2)c(F)c1C=N. The van der Waals surface area contributed by atoms with Crippen molar-refractivity contribution in [3.63, 3.8) is 0 Å². The Kier molecular flexibility index (Phi) is 5.77. The van der Waals surface area contributed by atoms with Gasteiger partial charge in [-0.1, -0.05) is 0 Å². The van der Waals surface area contributed by atoms with Gasteiger partial charge in [-0.25, -0.2) is 18.7 Å². The smallest absolute Gasteiger partial charge is 0.261 e. The van der Waals surface area contributed by atoms with Crippen LogP contribution < -0.4 is 16.4 Å². The third-order valence-corrected chi connectivity index (χ3v) is 4.33. The molecule has 0 aliphatic carbocycles. The third-order valence-electron chi connectivity index (χ3n) is 4.33. The first kappa shape index (κ1) is 20.5. The number of aromatic nitrogens is 2. The van der Waals surface area contributed by atoms with E-state index < -0.39 is 23.1 Å². The molecular weight excluding hydrogens is 392 g/mol. The molecule has 0 atom stereocenters. The van der Waals surface area contributed by atoms with Crippen LogP contribution in [0, 0.1) is 22.5 Å². The van der Waals surface area contributed by atoms with Crippen LogP contribution in [-0.2, 0) is 0 Å². The Morgan fingerprint density at radius 3 is 2.53 bits per heavy atom. The van der Waals surface area contributed by atoms with Crippen molar-refractivity contribution in [3.05, 3.63) is 76.9 Å². The molecule has 1 aromatic heterocycles. The fourth-order valence-corrected chi connectivity index (χ4v) is 2.82. The maximum atomic E-state index is 14.7. The second-order valence-electron chi connectivity index (χ2n) is 6.16. The summed E-state index contributed by atoms with van der Waals surface area (Å²) in [5.74, 6) is -3.28. The van der Waals surface area contributed by atoms with Gasteiger partial charge in [0.25, 0.3) is 5.91 Å². The molecule has 0 radical (unpaired) electrons. The second kappa shape index (κ2) is 8.43. The Bertz CT molecular complexity index is 1150. The molecule has 0 unspecified atom stereocenters. The van der Waals surface area contributed by atoms with Crippen LogP contribution in [0.15, 0.2) is 43.0 Å². The normalized spacial score (nSPS) is 10.4. The summed E-state index contributed by atoms with van der Waals surface area (Å²) in [4.78, 5) is 20.3. The van der Waals surface area contributed by atoms with Gasteiger partial charge in [0.2, 0.25) is 0 Å². The fourth-order valence-electron chi connectivity index (χ4n) is 2.82. The van der Waals surface area contributed by atoms with Gasteiger partial charge in [0.15, 0.2) is 0 Å². The quantitative estimate of drug-likeness (QED) is 0.314. The summed E-state index contributed by atoms with van der Waals surface area (Å²) in [5.41, 5.74) is 6.08. The second-order valence-corrected chi connectivity index (χ2v) is 6.16. The molecule has 10 heteroatoms. The number of hydrogen-bond donors (Lipinski definition) is 5. The molecule has 1 amide bonds. The van der Waals surface area contributed by atoms with Crippen molar-refractivity contribution in [2.45, 2.75) is 0 Å². The van der Waals surface area contributed by atoms with Gasteiger partial charge in [-0.2, -0.15) is 0 Å². The predicted octanol–water partition coefficient (Wildman–Crippen LogP) is 3.04. The molecule has 152 valence electrons. The third kappa shape index (κ3) is 3.83. The molecule has 0 spiro atoms. The monoisotopic (exact) mass is 409 g/mol. The van der Waals surface area contributed by atoms with E-state index in [1.54, 1.807) is 0 Å². The largest absolute Gasteiger partial charge is 0.398 e. The van der Waals surface area contributed by atoms with E-state index in [0.717, 1.165) is 6.07 Å². The summed E-state index contributed by atoms with van der Waals surface area (Å²) in [6.07, 6.45) is 4.89. The number of halogens is 2. The van der Waals surface area contributed by atoms with Gasteiger partial charge in [0.05, 0.1) is 11.3 Å². The molecule has 0 aliphatic heterocycles. The molecule has 2 aromatic carbocycles. The number of carbonyl (C=O) groups is 1. The summed E-state index contributed by atoms with van der Waals surface area (Å²) < 4.78 is 29.0. The average molecular weight is 409 g/mol. The molecule has 8 nitrogen and oxygen atoms in total. The fraction of sp³-hybridized carbons (Fsp3) is 0.0500. The van der Waals surface area contributed by atoms with Gasteiger partial charge in [0.1, 0.15) is 23.5 Å². The topological polar surface area (TPSA) is 141 Å². The highest BCUT2D eigenvalue weighted by atomic mass is 19.1. The zero-order valence-corrected chi connectivity index (χ0v) is 15.8. The van der Waals surface area contributed by atoms with Crippen molar-refractivity contribution in [3.8, 4) is 0 Å². The molecule has 0 saturated carbocycles. The minimum atomic E-state index is -1.16. The van der Waals surface area contributed by atoms with E-state index >= 15 is 0 Å². The molecule has 0 aliphatic rings. The van der Waals surface area contributed by atoms with Gasteiger partial charge >= 0.3 is 0 Å². The van der Waals surface area contributed by atoms with E-state index in [9.17, 15) is 13.6 Å². The van der Waals surface area contributed by atoms with Gasteiger partial charge in [-0.05, 0) is 24.3 Å². The first-order valence-electron chi connectivity index (χ1n) is 8.62. The number of amides is 1. The van der Waals surface area contributed by atoms with E-state index in [1.165, 1.54) is 44.0 Å². The summed E-state index contributed by atoms with van der Waals surface area (Å²) in [6.45, 7) is 0. The van der Waals surface area contributed by atoms with Crippen molar-refractivity contribution in [1.82, 2.24) is 9.97 Å². The number of hydrogen-bond acceptors (Lipinski definition) is 7. The van der Waals surface area contributed by atoms with Gasteiger partial charge < -0.3 is 21.8 Å². The van der Waals surface area contributed by atoms with Crippen LogP contribution >= 0.6 is 0 Å². The lowest BCUT2D eigenvalue weighted by atomic mass is 10.0. The number of rotatable bonds is 6. The van der Waals surface area contributed by atoms with E-state index in [0.29, 0.717) is 11.8 Å². The summed E-state index contributed by atoms with van der Waals surface area (Å²) in [6, 6.07) is 5.26. The molecule has 3 rings (SSSR count). The zero-order chi connectivity index (χ0) is 21.8. The van der Waals surface area contributed by atoms with Gasteiger partial charge in [0, 0.05) is 53.8 Å². The summed E-state index contributed by atoms with van der Waals surface area (Å²) in [7, 11) is 1.45. The number of nitrogens with zero attached hydrogens (tertiary/aromatic N) is 2. The number of anilines is 3. The van der Waals surface area contributed by atoms with Crippen molar-refractivity contribution >= 4 is 34.9 Å². The molecule has 3 aromatic rings. The van der Waals surface area contributed by atoms with Crippen molar-refractivity contribution in [2.75, 3.05) is 23.4 Å². The molecular formula is C20H17F2N7O. The Morgan fingerprint density at radius 1 is 1.20 bits per heavy atom. The summed E-state index contributed by atoms with van der Waals surface area (Å²) in [5, 5.41) is 20.6. The van der Waals surface area contributed by atoms with Gasteiger partial charge in [-0.3, -0.25) is 10.2 Å². The van der Waals surface area contributed by atoms with Gasteiger partial charge in [-0.15, -0.1) is 0 Å². The Balaban J connectivity index is 1.95. The minimum absolute atomic E-state index is 0.0195. The van der Waals surface area contributed by atoms with Crippen LogP contribution in [0.2, 0.25) is 0 Å². The van der Waals surface area contributed by atoms with Crippen LogP contribution in [0.4, 0.5) is 25.8 Å². The minimum Gasteiger partial charge on any atom is -0.398 e. The standard InChI is InChI=1S/C20H17F2N7O/c1-26-16-5-14(21)17(18(22)13(16)6-23)20(30)29-11-2-3-15(24)12(4-11)19(25)10-7-27-9-28-8-10/h2-9,23,25-26H,24H2,1H3,(H,29,30). The zero-order valence-electron chi connectivity index (χ0n) is 15.8. The molecule has 0 bridgehead atoms. The number of benzene rings is 2. The first-order valence-corrected chi connectivity index (χ1v) is 8.62. The van der Waals surface area contributed by atoms with Crippen molar-refractivity contribution < 1.29 is 13.6 Å². The molecule has 30 heavy (non-hydrogen) atoms. The molecule has 0 saturated heterocycles. The van der Waals surface area contributed by atoms with Crippen molar-refractivity contribution in [2.24, 2.45) is 0 Å². The maximum absolute atomic E-state index is 14.7. The lowest BCUT2D eigenvalue weighted by Gasteiger charge is -2.14. The highest BCUT2D eigenvalue weighted by Crippen LogP contribution is 2.26. The highest BCUT2D eigenvalue weighted by molar-refractivity contribution is 6.14. The number of nitrogens with two attached hydrogens (primary N) is 1. The van der Waals surface area contributed by atoms with E-state index in [1.807, 2.05) is 0 Å². The summed E-state index contributed by atoms with van der Waals surface area (Å²) >= 11 is 0. The van der Waals surface area contributed by atoms with E-state index in [-0.39, 0.29) is 33.9 Å². The lowest BCUT2D eigenvalue weighted by molar-refractivity contribution is 0.101. The predicted molar refractivity (Wildman–Crippen MR) is 111 cm³/mol. The Hall–Kier alpha value is -4.21. The van der Waals surface area contributed by atoms with Crippen LogP contribution in [0.3, 0.4) is 0 Å². The molecule has 0 fully saturated rings. The lowest BCUT2D eigenvalue weighted by Crippen LogP contribution is -2.18. The highest BCUT2D eigenvalue weighted by Gasteiger charge is 2.23. The Labute approximate surface area is 170 Å². The van der Waals surface area contributed by atoms with Crippen LogP contribution in [0.25, 0.3) is 0 Å². The van der Waals surface area contributed by atoms with E-state index in [2.05, 4.69) is 20.6 Å².